The van der Waals surface area contributed by atoms with Crippen LogP contribution in [0.4, 0.5) is 0 Å². The van der Waals surface area contributed by atoms with Crippen molar-refractivity contribution in [2.24, 2.45) is 0 Å². The Morgan fingerprint density at radius 3 is 2.74 bits per heavy atom. The van der Waals surface area contributed by atoms with Crippen LogP contribution in [0, 0.1) is 0 Å². The van der Waals surface area contributed by atoms with Gasteiger partial charge in [-0.15, -0.1) is 11.6 Å². The van der Waals surface area contributed by atoms with Crippen LogP contribution in [0.1, 0.15) is 24.6 Å². The topological polar surface area (TPSA) is 42.3 Å². The minimum absolute atomic E-state index is 0.348. The molecule has 1 aliphatic carbocycles. The van der Waals surface area contributed by atoms with Gasteiger partial charge in [0.15, 0.2) is 0 Å². The zero-order valence-electron chi connectivity index (χ0n) is 11.2. The number of nitrogens with zero attached hydrogens (tertiary/aromatic N) is 2. The maximum Gasteiger partial charge on any atom is 0.244 e. The third-order valence-electron chi connectivity index (χ3n) is 3.30. The molecule has 1 aromatic rings. The Balaban J connectivity index is 2.24. The van der Waals surface area contributed by atoms with E-state index in [1.807, 2.05) is 10.8 Å². The molecule has 0 unspecified atom stereocenters. The predicted octanol–water partition coefficient (Wildman–Crippen LogP) is 2.55. The molecule has 0 aliphatic heterocycles. The van der Waals surface area contributed by atoms with Crippen molar-refractivity contribution < 1.29 is 8.42 Å². The summed E-state index contributed by atoms with van der Waals surface area (Å²) in [6, 6.07) is 2.14. The lowest BCUT2D eigenvalue weighted by Gasteiger charge is -2.15. The van der Waals surface area contributed by atoms with Gasteiger partial charge in [0.1, 0.15) is 4.90 Å². The molecule has 1 saturated carbocycles. The highest BCUT2D eigenvalue weighted by atomic mass is 35.5. The summed E-state index contributed by atoms with van der Waals surface area (Å²) >= 11 is 7.53. The second kappa shape index (κ2) is 6.08. The van der Waals surface area contributed by atoms with Crippen molar-refractivity contribution >= 4 is 33.4 Å². The van der Waals surface area contributed by atoms with Crippen LogP contribution >= 0.6 is 23.4 Å². The fourth-order valence-electron chi connectivity index (χ4n) is 1.96. The molecule has 0 amide bonds. The normalized spacial score (nSPS) is 16.2. The molecule has 19 heavy (non-hydrogen) atoms. The predicted molar refractivity (Wildman–Crippen MR) is 80.5 cm³/mol. The zero-order valence-corrected chi connectivity index (χ0v) is 13.6. The van der Waals surface area contributed by atoms with Crippen LogP contribution in [0.5, 0.6) is 0 Å². The molecule has 0 spiro atoms. The van der Waals surface area contributed by atoms with Crippen molar-refractivity contribution in [3.8, 4) is 0 Å². The van der Waals surface area contributed by atoms with E-state index in [1.54, 1.807) is 31.1 Å². The molecular formula is C12H19ClN2O2S2. The smallest absolute Gasteiger partial charge is 0.244 e. The Hall–Kier alpha value is -0.170. The van der Waals surface area contributed by atoms with Crippen LogP contribution in [0.3, 0.4) is 0 Å². The first-order valence-electron chi connectivity index (χ1n) is 6.22. The number of sulfonamides is 1. The molecule has 7 heteroatoms. The van der Waals surface area contributed by atoms with Gasteiger partial charge in [-0.2, -0.15) is 11.8 Å². The van der Waals surface area contributed by atoms with Crippen molar-refractivity contribution in [2.75, 3.05) is 25.6 Å². The summed E-state index contributed by atoms with van der Waals surface area (Å²) in [5.41, 5.74) is 0.890. The van der Waals surface area contributed by atoms with Gasteiger partial charge in [0.2, 0.25) is 10.0 Å². The van der Waals surface area contributed by atoms with Crippen molar-refractivity contribution in [3.05, 3.63) is 18.0 Å². The standard InChI is InChI=1S/C12H19ClN2O2S2/c1-14(5-6-18-2)19(16,17)12-7-11(8-13)15(9-12)10-3-4-10/h7,9-10H,3-6,8H2,1-2H3. The van der Waals surface area contributed by atoms with E-state index in [2.05, 4.69) is 0 Å². The highest BCUT2D eigenvalue weighted by Crippen LogP contribution is 2.37. The average molecular weight is 323 g/mol. The molecule has 108 valence electrons. The van der Waals surface area contributed by atoms with Gasteiger partial charge in [0.25, 0.3) is 0 Å². The van der Waals surface area contributed by atoms with Crippen LogP contribution in [0.25, 0.3) is 0 Å². The van der Waals surface area contributed by atoms with Crippen LogP contribution in [0.15, 0.2) is 17.2 Å². The number of hydrogen-bond acceptors (Lipinski definition) is 3. The lowest BCUT2D eigenvalue weighted by atomic mass is 10.5. The number of alkyl halides is 1. The van der Waals surface area contributed by atoms with Gasteiger partial charge < -0.3 is 4.57 Å². The summed E-state index contributed by atoms with van der Waals surface area (Å²) in [6.45, 7) is 0.522. The molecule has 0 N–H and O–H groups in total. The van der Waals surface area contributed by atoms with Crippen LogP contribution in [0.2, 0.25) is 0 Å². The molecule has 1 fully saturated rings. The Bertz CT molecular complexity index is 538. The van der Waals surface area contributed by atoms with Gasteiger partial charge in [0, 0.05) is 37.3 Å². The molecule has 0 bridgehead atoms. The first-order chi connectivity index (χ1) is 9.00. The van der Waals surface area contributed by atoms with Crippen LogP contribution in [-0.2, 0) is 15.9 Å². The lowest BCUT2D eigenvalue weighted by molar-refractivity contribution is 0.488. The lowest BCUT2D eigenvalue weighted by Crippen LogP contribution is -2.28. The third kappa shape index (κ3) is 3.29. The van der Waals surface area contributed by atoms with Gasteiger partial charge in [-0.3, -0.25) is 0 Å². The summed E-state index contributed by atoms with van der Waals surface area (Å²) in [4.78, 5) is 0.360. The highest BCUT2D eigenvalue weighted by molar-refractivity contribution is 7.98. The van der Waals surface area contributed by atoms with E-state index < -0.39 is 10.0 Å². The monoisotopic (exact) mass is 322 g/mol. The van der Waals surface area contributed by atoms with Gasteiger partial charge in [0.05, 0.1) is 5.88 Å². The van der Waals surface area contributed by atoms with E-state index in [1.165, 1.54) is 4.31 Å². The van der Waals surface area contributed by atoms with Gasteiger partial charge >= 0.3 is 0 Å². The van der Waals surface area contributed by atoms with Crippen molar-refractivity contribution in [1.29, 1.82) is 0 Å². The maximum atomic E-state index is 12.4. The van der Waals surface area contributed by atoms with E-state index >= 15 is 0 Å². The summed E-state index contributed by atoms with van der Waals surface area (Å²) < 4.78 is 28.3. The molecule has 0 aromatic carbocycles. The zero-order chi connectivity index (χ0) is 14.0. The van der Waals surface area contributed by atoms with Crippen molar-refractivity contribution in [1.82, 2.24) is 8.87 Å². The number of halogens is 1. The molecule has 2 rings (SSSR count). The van der Waals surface area contributed by atoms with E-state index in [9.17, 15) is 8.42 Å². The summed E-state index contributed by atoms with van der Waals surface area (Å²) in [7, 11) is -1.76. The van der Waals surface area contributed by atoms with Crippen molar-refractivity contribution in [3.63, 3.8) is 0 Å². The molecule has 1 aromatic heterocycles. The van der Waals surface area contributed by atoms with E-state index in [0.717, 1.165) is 24.3 Å². The maximum absolute atomic E-state index is 12.4. The fraction of sp³-hybridized carbons (Fsp3) is 0.667. The Morgan fingerprint density at radius 1 is 1.53 bits per heavy atom. The van der Waals surface area contributed by atoms with Gasteiger partial charge in [-0.25, -0.2) is 12.7 Å². The average Bonchev–Trinajstić information content (AvgIpc) is 3.14. The summed E-state index contributed by atoms with van der Waals surface area (Å²) in [5, 5.41) is 0. The van der Waals surface area contributed by atoms with Gasteiger partial charge in [-0.05, 0) is 25.2 Å². The van der Waals surface area contributed by atoms with Crippen LogP contribution in [-0.4, -0.2) is 42.9 Å². The van der Waals surface area contributed by atoms with E-state index in [-0.39, 0.29) is 0 Å². The molecule has 0 radical (unpaired) electrons. The minimum atomic E-state index is -3.39. The quantitative estimate of drug-likeness (QED) is 0.724. The first kappa shape index (κ1) is 15.2. The third-order valence-corrected chi connectivity index (χ3v) is 5.99. The highest BCUT2D eigenvalue weighted by Gasteiger charge is 2.29. The first-order valence-corrected chi connectivity index (χ1v) is 9.59. The SMILES string of the molecule is CSCCN(C)S(=O)(=O)c1cc(CCl)n(C2CC2)c1. The molecule has 1 heterocycles. The summed E-state index contributed by atoms with van der Waals surface area (Å²) in [5.74, 6) is 1.14. The fourth-order valence-corrected chi connectivity index (χ4v) is 3.97. The minimum Gasteiger partial charge on any atom is -0.346 e. The number of hydrogen-bond donors (Lipinski definition) is 0. The van der Waals surface area contributed by atoms with E-state index in [0.29, 0.717) is 23.4 Å². The van der Waals surface area contributed by atoms with E-state index in [4.69, 9.17) is 11.6 Å². The van der Waals surface area contributed by atoms with Crippen LogP contribution < -0.4 is 0 Å². The second-order valence-corrected chi connectivity index (χ2v) is 8.06. The van der Waals surface area contributed by atoms with Gasteiger partial charge in [-0.1, -0.05) is 0 Å². The number of thioether (sulfide) groups is 1. The number of aromatic nitrogens is 1. The Morgan fingerprint density at radius 2 is 2.21 bits per heavy atom. The summed E-state index contributed by atoms with van der Waals surface area (Å²) in [6.07, 6.45) is 5.93. The number of rotatable bonds is 7. The molecular weight excluding hydrogens is 304 g/mol. The molecule has 0 saturated heterocycles. The Labute approximate surface area is 124 Å². The largest absolute Gasteiger partial charge is 0.346 e. The molecule has 0 atom stereocenters. The molecule has 1 aliphatic rings. The second-order valence-electron chi connectivity index (χ2n) is 4.76. The van der Waals surface area contributed by atoms with Crippen molar-refractivity contribution in [2.45, 2.75) is 29.7 Å². The Kier molecular flexibility index (Phi) is 4.87. The molecule has 4 nitrogen and oxygen atoms in total.